The molecule has 2 unspecified atom stereocenters. The van der Waals surface area contributed by atoms with Crippen LogP contribution in [-0.4, -0.2) is 62.0 Å². The first-order valence-electron chi connectivity index (χ1n) is 10.7. The molecule has 0 radical (unpaired) electrons. The van der Waals surface area contributed by atoms with Crippen molar-refractivity contribution in [3.05, 3.63) is 64.9 Å². The van der Waals surface area contributed by atoms with E-state index in [1.54, 1.807) is 31.6 Å². The van der Waals surface area contributed by atoms with E-state index in [0.717, 1.165) is 30.5 Å². The number of carbonyl (C=O) groups is 1. The lowest BCUT2D eigenvalue weighted by molar-refractivity contribution is 0.0954. The molecule has 0 saturated carbocycles. The van der Waals surface area contributed by atoms with Crippen molar-refractivity contribution < 1.29 is 4.79 Å². The summed E-state index contributed by atoms with van der Waals surface area (Å²) in [4.78, 5) is 22.8. The number of carbonyl (C=O) groups excluding carboxylic acids is 1. The van der Waals surface area contributed by atoms with E-state index in [0.29, 0.717) is 30.6 Å². The number of rotatable bonds is 7. The first-order valence-corrected chi connectivity index (χ1v) is 11.0. The molecular weight excluding hydrogens is 412 g/mol. The van der Waals surface area contributed by atoms with Gasteiger partial charge in [-0.05, 0) is 62.2 Å². The number of pyridine rings is 1. The Morgan fingerprint density at radius 1 is 1.23 bits per heavy atom. The highest BCUT2D eigenvalue weighted by molar-refractivity contribution is 6.30. The SMILES string of the molecule is CN=C(NCCNC(=O)c1cccnc1)NCC1CCCN(C)C1c1cccc(Cl)c1. The van der Waals surface area contributed by atoms with Crippen molar-refractivity contribution in [2.24, 2.45) is 10.9 Å². The predicted molar refractivity (Wildman–Crippen MR) is 125 cm³/mol. The number of nitrogens with one attached hydrogen (secondary N) is 3. The fraction of sp³-hybridized carbons (Fsp3) is 0.435. The third kappa shape index (κ3) is 6.67. The van der Waals surface area contributed by atoms with Crippen LogP contribution in [0.4, 0.5) is 0 Å². The highest BCUT2D eigenvalue weighted by Gasteiger charge is 2.30. The maximum absolute atomic E-state index is 12.1. The van der Waals surface area contributed by atoms with E-state index in [-0.39, 0.29) is 5.91 Å². The molecule has 3 N–H and O–H groups in total. The molecular formula is C23H31ClN6O. The number of amides is 1. The summed E-state index contributed by atoms with van der Waals surface area (Å²) in [6.07, 6.45) is 5.52. The minimum absolute atomic E-state index is 0.132. The highest BCUT2D eigenvalue weighted by Crippen LogP contribution is 2.35. The van der Waals surface area contributed by atoms with E-state index in [1.165, 1.54) is 12.0 Å². The molecule has 3 rings (SSSR count). The van der Waals surface area contributed by atoms with Gasteiger partial charge in [0.25, 0.3) is 5.91 Å². The van der Waals surface area contributed by atoms with Gasteiger partial charge in [-0.2, -0.15) is 0 Å². The number of likely N-dealkylation sites (tertiary alicyclic amines) is 1. The summed E-state index contributed by atoms with van der Waals surface area (Å²) in [5, 5.41) is 10.4. The topological polar surface area (TPSA) is 81.6 Å². The van der Waals surface area contributed by atoms with Gasteiger partial charge in [0.1, 0.15) is 0 Å². The smallest absolute Gasteiger partial charge is 0.252 e. The molecule has 1 fully saturated rings. The largest absolute Gasteiger partial charge is 0.356 e. The van der Waals surface area contributed by atoms with Crippen LogP contribution in [0.1, 0.15) is 34.8 Å². The van der Waals surface area contributed by atoms with Gasteiger partial charge in [0, 0.05) is 50.1 Å². The zero-order chi connectivity index (χ0) is 22.1. The van der Waals surface area contributed by atoms with E-state index in [1.807, 2.05) is 12.1 Å². The summed E-state index contributed by atoms with van der Waals surface area (Å²) < 4.78 is 0. The lowest BCUT2D eigenvalue weighted by atomic mass is 9.85. The Labute approximate surface area is 189 Å². The summed E-state index contributed by atoms with van der Waals surface area (Å²) in [6, 6.07) is 12.0. The average molecular weight is 443 g/mol. The van der Waals surface area contributed by atoms with Crippen molar-refractivity contribution in [2.75, 3.05) is 40.3 Å². The van der Waals surface area contributed by atoms with Crippen LogP contribution in [0.3, 0.4) is 0 Å². The quantitative estimate of drug-likeness (QED) is 0.349. The normalized spacial score (nSPS) is 19.6. The molecule has 2 heterocycles. The van der Waals surface area contributed by atoms with Gasteiger partial charge in [-0.25, -0.2) is 0 Å². The third-order valence-corrected chi connectivity index (χ3v) is 5.81. The summed E-state index contributed by atoms with van der Waals surface area (Å²) in [7, 11) is 3.93. The van der Waals surface area contributed by atoms with Crippen LogP contribution >= 0.6 is 11.6 Å². The van der Waals surface area contributed by atoms with Gasteiger partial charge in [-0.1, -0.05) is 23.7 Å². The van der Waals surface area contributed by atoms with Gasteiger partial charge in [-0.15, -0.1) is 0 Å². The van der Waals surface area contributed by atoms with Crippen LogP contribution in [0, 0.1) is 5.92 Å². The van der Waals surface area contributed by atoms with Crippen LogP contribution in [-0.2, 0) is 0 Å². The van der Waals surface area contributed by atoms with Crippen LogP contribution in [0.25, 0.3) is 0 Å². The third-order valence-electron chi connectivity index (χ3n) is 5.58. The fourth-order valence-corrected chi connectivity index (χ4v) is 4.29. The Morgan fingerprint density at radius 3 is 2.81 bits per heavy atom. The molecule has 7 nitrogen and oxygen atoms in total. The minimum Gasteiger partial charge on any atom is -0.356 e. The number of halogens is 1. The molecule has 166 valence electrons. The zero-order valence-electron chi connectivity index (χ0n) is 18.1. The number of aromatic nitrogens is 1. The van der Waals surface area contributed by atoms with Crippen molar-refractivity contribution in [2.45, 2.75) is 18.9 Å². The number of guanidine groups is 1. The second-order valence-corrected chi connectivity index (χ2v) is 8.20. The molecule has 1 amide bonds. The first kappa shape index (κ1) is 23.0. The number of nitrogens with zero attached hydrogens (tertiary/aromatic N) is 3. The molecule has 2 aromatic rings. The van der Waals surface area contributed by atoms with Gasteiger partial charge < -0.3 is 16.0 Å². The number of benzene rings is 1. The highest BCUT2D eigenvalue weighted by atomic mass is 35.5. The molecule has 1 aliphatic heterocycles. The number of aliphatic imine (C=N–C) groups is 1. The number of hydrogen-bond acceptors (Lipinski definition) is 4. The van der Waals surface area contributed by atoms with E-state index in [9.17, 15) is 4.79 Å². The van der Waals surface area contributed by atoms with E-state index >= 15 is 0 Å². The van der Waals surface area contributed by atoms with Crippen LogP contribution < -0.4 is 16.0 Å². The fourth-order valence-electron chi connectivity index (χ4n) is 4.10. The van der Waals surface area contributed by atoms with E-state index in [4.69, 9.17) is 11.6 Å². The molecule has 0 bridgehead atoms. The van der Waals surface area contributed by atoms with Crippen LogP contribution in [0.5, 0.6) is 0 Å². The number of hydrogen-bond donors (Lipinski definition) is 3. The van der Waals surface area contributed by atoms with Crippen molar-refractivity contribution in [1.82, 2.24) is 25.8 Å². The summed E-state index contributed by atoms with van der Waals surface area (Å²) in [5.41, 5.74) is 1.81. The second kappa shape index (κ2) is 11.7. The summed E-state index contributed by atoms with van der Waals surface area (Å²) in [6.45, 7) is 2.96. The van der Waals surface area contributed by atoms with Crippen molar-refractivity contribution in [3.8, 4) is 0 Å². The van der Waals surface area contributed by atoms with Crippen molar-refractivity contribution in [3.63, 3.8) is 0 Å². The van der Waals surface area contributed by atoms with Crippen molar-refractivity contribution in [1.29, 1.82) is 0 Å². The Balaban J connectivity index is 1.48. The van der Waals surface area contributed by atoms with Gasteiger partial charge in [0.15, 0.2) is 5.96 Å². The summed E-state index contributed by atoms with van der Waals surface area (Å²) in [5.74, 6) is 1.04. The summed E-state index contributed by atoms with van der Waals surface area (Å²) >= 11 is 6.25. The van der Waals surface area contributed by atoms with E-state index in [2.05, 4.69) is 50.0 Å². The van der Waals surface area contributed by atoms with Gasteiger partial charge in [0.05, 0.1) is 5.56 Å². The molecule has 1 aliphatic rings. The van der Waals surface area contributed by atoms with Crippen LogP contribution in [0.2, 0.25) is 5.02 Å². The maximum atomic E-state index is 12.1. The van der Waals surface area contributed by atoms with Gasteiger partial charge >= 0.3 is 0 Å². The molecule has 1 aromatic carbocycles. The molecule has 2 atom stereocenters. The molecule has 1 saturated heterocycles. The Hall–Kier alpha value is -2.64. The Bertz CT molecular complexity index is 875. The lowest BCUT2D eigenvalue weighted by Gasteiger charge is -2.40. The minimum atomic E-state index is -0.132. The predicted octanol–water partition coefficient (Wildman–Crippen LogP) is 2.71. The molecule has 0 spiro atoms. The monoisotopic (exact) mass is 442 g/mol. The van der Waals surface area contributed by atoms with Gasteiger partial charge in [0.2, 0.25) is 0 Å². The second-order valence-electron chi connectivity index (χ2n) is 7.76. The first-order chi connectivity index (χ1) is 15.1. The lowest BCUT2D eigenvalue weighted by Crippen LogP contribution is -2.46. The number of piperidine rings is 1. The Morgan fingerprint density at radius 2 is 2.06 bits per heavy atom. The zero-order valence-corrected chi connectivity index (χ0v) is 18.9. The van der Waals surface area contributed by atoms with E-state index < -0.39 is 0 Å². The maximum Gasteiger partial charge on any atom is 0.252 e. The molecule has 0 aliphatic carbocycles. The molecule has 8 heteroatoms. The standard InChI is InChI=1S/C23H31ClN6O/c1-25-23(28-12-11-27-22(31)19-7-4-10-26-15-19)29-16-18-8-5-13-30(2)21(18)17-6-3-9-20(24)14-17/h3-4,6-7,9-10,14-15,18,21H,5,8,11-13,16H2,1-2H3,(H,27,31)(H2,25,28,29). The van der Waals surface area contributed by atoms with Crippen LogP contribution in [0.15, 0.2) is 53.8 Å². The Kier molecular flexibility index (Phi) is 8.67. The van der Waals surface area contributed by atoms with Crippen molar-refractivity contribution >= 4 is 23.5 Å². The molecule has 1 aromatic heterocycles. The molecule has 31 heavy (non-hydrogen) atoms. The van der Waals surface area contributed by atoms with Gasteiger partial charge in [-0.3, -0.25) is 19.7 Å². The average Bonchev–Trinajstić information content (AvgIpc) is 2.79.